The van der Waals surface area contributed by atoms with Gasteiger partial charge in [0.25, 0.3) is 0 Å². The number of esters is 1. The topological polar surface area (TPSA) is 52.3 Å². The zero-order chi connectivity index (χ0) is 12.1. The molecule has 3 nitrogen and oxygen atoms in total. The van der Waals surface area contributed by atoms with Crippen LogP contribution in [0.3, 0.4) is 0 Å². The number of halogens is 1. The van der Waals surface area contributed by atoms with Crippen molar-refractivity contribution in [1.29, 1.82) is 0 Å². The maximum atomic E-state index is 11.5. The van der Waals surface area contributed by atoms with Crippen molar-refractivity contribution in [2.75, 3.05) is 0 Å². The Balaban J connectivity index is 2.52. The molecule has 0 aliphatic heterocycles. The van der Waals surface area contributed by atoms with Crippen molar-refractivity contribution < 1.29 is 9.53 Å². The number of nitrogens with two attached hydrogens (primary N) is 1. The summed E-state index contributed by atoms with van der Waals surface area (Å²) in [5, 5.41) is 0.591. The zero-order valence-corrected chi connectivity index (χ0v) is 10.2. The molecule has 0 aliphatic rings. The molecule has 1 unspecified atom stereocenters. The summed E-state index contributed by atoms with van der Waals surface area (Å²) >= 11 is 5.93. The second kappa shape index (κ2) is 5.87. The molecule has 88 valence electrons. The summed E-state index contributed by atoms with van der Waals surface area (Å²) < 4.78 is 5.08. The van der Waals surface area contributed by atoms with Gasteiger partial charge in [0, 0.05) is 10.6 Å². The van der Waals surface area contributed by atoms with Gasteiger partial charge in [0.2, 0.25) is 0 Å². The minimum atomic E-state index is -0.581. The van der Waals surface area contributed by atoms with Crippen LogP contribution in [0.25, 0.3) is 0 Å². The molecule has 0 aliphatic carbocycles. The van der Waals surface area contributed by atoms with Crippen molar-refractivity contribution in [3.8, 4) is 0 Å². The Kier molecular flexibility index (Phi) is 4.77. The fraction of sp³-hybridized carbons (Fsp3) is 0.417. The summed E-state index contributed by atoms with van der Waals surface area (Å²) in [6.07, 6.45) is 0. The molecule has 4 heteroatoms. The van der Waals surface area contributed by atoms with E-state index in [9.17, 15) is 4.79 Å². The monoisotopic (exact) mass is 241 g/mol. The van der Waals surface area contributed by atoms with Crippen LogP contribution in [0.5, 0.6) is 0 Å². The molecular weight excluding hydrogens is 226 g/mol. The highest BCUT2D eigenvalue weighted by atomic mass is 35.5. The fourth-order valence-electron chi connectivity index (χ4n) is 1.13. The number of carbonyl (C=O) groups excluding carboxylic acids is 1. The first kappa shape index (κ1) is 13.0. The standard InChI is InChI=1S/C12H16ClNO2/c1-8(2)11(14)12(15)16-7-9-5-3-4-6-10(9)13/h3-6,8,11H,7,14H2,1-2H3. The summed E-state index contributed by atoms with van der Waals surface area (Å²) in [6, 6.07) is 6.66. The normalized spacial score (nSPS) is 12.6. The van der Waals surface area contributed by atoms with Crippen LogP contribution in [-0.2, 0) is 16.1 Å². The maximum absolute atomic E-state index is 11.5. The second-order valence-corrected chi connectivity index (χ2v) is 4.38. The molecule has 0 bridgehead atoms. The molecule has 16 heavy (non-hydrogen) atoms. The molecule has 2 N–H and O–H groups in total. The van der Waals surface area contributed by atoms with Crippen molar-refractivity contribution in [2.45, 2.75) is 26.5 Å². The smallest absolute Gasteiger partial charge is 0.323 e. The van der Waals surface area contributed by atoms with Gasteiger partial charge in [-0.25, -0.2) is 0 Å². The summed E-state index contributed by atoms with van der Waals surface area (Å²) in [5.41, 5.74) is 6.44. The number of rotatable bonds is 4. The van der Waals surface area contributed by atoms with E-state index < -0.39 is 12.0 Å². The first-order valence-electron chi connectivity index (χ1n) is 5.18. The summed E-state index contributed by atoms with van der Waals surface area (Å²) in [5.74, 6) is -0.325. The Morgan fingerprint density at radius 1 is 1.44 bits per heavy atom. The van der Waals surface area contributed by atoms with Gasteiger partial charge in [-0.15, -0.1) is 0 Å². The Morgan fingerprint density at radius 2 is 2.06 bits per heavy atom. The SMILES string of the molecule is CC(C)C(N)C(=O)OCc1ccccc1Cl. The maximum Gasteiger partial charge on any atom is 0.323 e. The third-order valence-electron chi connectivity index (χ3n) is 2.32. The van der Waals surface area contributed by atoms with Gasteiger partial charge in [0.15, 0.2) is 0 Å². The lowest BCUT2D eigenvalue weighted by molar-refractivity contribution is -0.147. The van der Waals surface area contributed by atoms with E-state index in [2.05, 4.69) is 0 Å². The van der Waals surface area contributed by atoms with Gasteiger partial charge < -0.3 is 10.5 Å². The summed E-state index contributed by atoms with van der Waals surface area (Å²) in [4.78, 5) is 11.5. The van der Waals surface area contributed by atoms with Gasteiger partial charge in [-0.05, 0) is 12.0 Å². The van der Waals surface area contributed by atoms with Crippen LogP contribution in [0.4, 0.5) is 0 Å². The van der Waals surface area contributed by atoms with Crippen molar-refractivity contribution in [2.24, 2.45) is 11.7 Å². The predicted molar refractivity (Wildman–Crippen MR) is 64.1 cm³/mol. The van der Waals surface area contributed by atoms with E-state index in [1.807, 2.05) is 32.0 Å². The van der Waals surface area contributed by atoms with Gasteiger partial charge in [0.1, 0.15) is 12.6 Å². The number of carbonyl (C=O) groups is 1. The van der Waals surface area contributed by atoms with Crippen LogP contribution in [0.15, 0.2) is 24.3 Å². The van der Waals surface area contributed by atoms with E-state index >= 15 is 0 Å². The molecule has 0 spiro atoms. The van der Waals surface area contributed by atoms with E-state index in [4.69, 9.17) is 22.1 Å². The molecule has 0 radical (unpaired) electrons. The van der Waals surface area contributed by atoms with Crippen LogP contribution in [-0.4, -0.2) is 12.0 Å². The Hall–Kier alpha value is -1.06. The lowest BCUT2D eigenvalue weighted by Gasteiger charge is -2.14. The van der Waals surface area contributed by atoms with Crippen molar-refractivity contribution in [3.05, 3.63) is 34.9 Å². The van der Waals surface area contributed by atoms with Crippen LogP contribution in [0.1, 0.15) is 19.4 Å². The lowest BCUT2D eigenvalue weighted by atomic mass is 10.1. The van der Waals surface area contributed by atoms with Gasteiger partial charge >= 0.3 is 5.97 Å². The molecule has 0 saturated heterocycles. The average molecular weight is 242 g/mol. The lowest BCUT2D eigenvalue weighted by Crippen LogP contribution is -2.36. The van der Waals surface area contributed by atoms with E-state index in [-0.39, 0.29) is 12.5 Å². The molecule has 0 aromatic heterocycles. The van der Waals surface area contributed by atoms with E-state index in [1.54, 1.807) is 6.07 Å². The van der Waals surface area contributed by atoms with Gasteiger partial charge in [-0.3, -0.25) is 4.79 Å². The molecule has 0 heterocycles. The molecular formula is C12H16ClNO2. The molecule has 1 rings (SSSR count). The molecule has 1 aromatic carbocycles. The summed E-state index contributed by atoms with van der Waals surface area (Å²) in [7, 11) is 0. The minimum absolute atomic E-state index is 0.0683. The van der Waals surface area contributed by atoms with Gasteiger partial charge in [-0.2, -0.15) is 0 Å². The Bertz CT molecular complexity index is 366. The third kappa shape index (κ3) is 3.51. The molecule has 0 fully saturated rings. The van der Waals surface area contributed by atoms with Crippen LogP contribution < -0.4 is 5.73 Å². The first-order chi connectivity index (χ1) is 7.52. The van der Waals surface area contributed by atoms with Crippen LogP contribution in [0, 0.1) is 5.92 Å². The Morgan fingerprint density at radius 3 is 2.62 bits per heavy atom. The van der Waals surface area contributed by atoms with Crippen LogP contribution in [0.2, 0.25) is 5.02 Å². The van der Waals surface area contributed by atoms with E-state index in [1.165, 1.54) is 0 Å². The van der Waals surface area contributed by atoms with Gasteiger partial charge in [0.05, 0.1) is 0 Å². The number of benzene rings is 1. The number of ether oxygens (including phenoxy) is 1. The zero-order valence-electron chi connectivity index (χ0n) is 9.44. The highest BCUT2D eigenvalue weighted by Gasteiger charge is 2.18. The van der Waals surface area contributed by atoms with Gasteiger partial charge in [-0.1, -0.05) is 43.6 Å². The van der Waals surface area contributed by atoms with Crippen molar-refractivity contribution in [3.63, 3.8) is 0 Å². The second-order valence-electron chi connectivity index (χ2n) is 3.97. The largest absolute Gasteiger partial charge is 0.460 e. The van der Waals surface area contributed by atoms with E-state index in [0.717, 1.165) is 5.56 Å². The van der Waals surface area contributed by atoms with Crippen LogP contribution >= 0.6 is 11.6 Å². The predicted octanol–water partition coefficient (Wildman–Crippen LogP) is 2.37. The molecule has 0 amide bonds. The first-order valence-corrected chi connectivity index (χ1v) is 5.55. The minimum Gasteiger partial charge on any atom is -0.460 e. The molecule has 0 saturated carbocycles. The van der Waals surface area contributed by atoms with Crippen molar-refractivity contribution >= 4 is 17.6 Å². The fourth-order valence-corrected chi connectivity index (χ4v) is 1.32. The Labute approximate surface area is 101 Å². The number of hydrogen-bond donors (Lipinski definition) is 1. The quantitative estimate of drug-likeness (QED) is 0.824. The molecule has 1 atom stereocenters. The van der Waals surface area contributed by atoms with Crippen molar-refractivity contribution in [1.82, 2.24) is 0 Å². The number of hydrogen-bond acceptors (Lipinski definition) is 3. The average Bonchev–Trinajstić information content (AvgIpc) is 2.26. The highest BCUT2D eigenvalue weighted by Crippen LogP contribution is 2.16. The summed E-state index contributed by atoms with van der Waals surface area (Å²) in [6.45, 7) is 3.92. The van der Waals surface area contributed by atoms with E-state index in [0.29, 0.717) is 5.02 Å². The molecule has 1 aromatic rings. The highest BCUT2D eigenvalue weighted by molar-refractivity contribution is 6.31. The third-order valence-corrected chi connectivity index (χ3v) is 2.69.